The summed E-state index contributed by atoms with van der Waals surface area (Å²) in [5.74, 6) is -5.53. The van der Waals surface area contributed by atoms with Gasteiger partial charge >= 0.3 is 35.8 Å². The zero-order valence-electron chi connectivity index (χ0n) is 26.3. The lowest BCUT2D eigenvalue weighted by Crippen LogP contribution is -2.63. The zero-order valence-corrected chi connectivity index (χ0v) is 26.3. The van der Waals surface area contributed by atoms with Crippen LogP contribution in [0.1, 0.15) is 55.3 Å². The molecule has 1 amide bonds. The van der Waals surface area contributed by atoms with Crippen molar-refractivity contribution >= 4 is 47.4 Å². The largest absolute Gasteiger partial charge is 0.465 e. The highest BCUT2D eigenvalue weighted by Gasteiger charge is 2.53. The predicted octanol–water partition coefficient (Wildman–Crippen LogP) is 2.11. The number of anilines is 1. The van der Waals surface area contributed by atoms with Gasteiger partial charge < -0.3 is 43.2 Å². The van der Waals surface area contributed by atoms with Crippen molar-refractivity contribution in [3.8, 4) is 11.5 Å². The van der Waals surface area contributed by atoms with E-state index in [9.17, 15) is 33.6 Å². The van der Waals surface area contributed by atoms with Crippen LogP contribution in [0.2, 0.25) is 0 Å². The first-order valence-electron chi connectivity index (χ1n) is 14.0. The van der Waals surface area contributed by atoms with Crippen LogP contribution in [0.5, 0.6) is 11.5 Å². The van der Waals surface area contributed by atoms with Crippen LogP contribution in [-0.2, 0) is 52.4 Å². The number of esters is 6. The summed E-state index contributed by atoms with van der Waals surface area (Å²) in [5.41, 5.74) is -0.224. The van der Waals surface area contributed by atoms with Gasteiger partial charge in [0.15, 0.2) is 12.2 Å². The molecule has 1 fully saturated rings. The lowest BCUT2D eigenvalue weighted by Gasteiger charge is -2.44. The number of benzene rings is 2. The molecule has 1 saturated heterocycles. The Hall–Kier alpha value is -5.51. The Morgan fingerprint density at radius 1 is 0.723 bits per heavy atom. The first kappa shape index (κ1) is 36.0. The fourth-order valence-corrected chi connectivity index (χ4v) is 4.50. The molecule has 16 heteroatoms. The molecule has 5 atom stereocenters. The van der Waals surface area contributed by atoms with Gasteiger partial charge in [0.25, 0.3) is 5.91 Å². The minimum absolute atomic E-state index is 0.000137. The van der Waals surface area contributed by atoms with Gasteiger partial charge in [-0.05, 0) is 30.3 Å². The highest BCUT2D eigenvalue weighted by molar-refractivity contribution is 6.09. The van der Waals surface area contributed by atoms with Crippen molar-refractivity contribution in [3.05, 3.63) is 53.6 Å². The summed E-state index contributed by atoms with van der Waals surface area (Å²) >= 11 is 0. The Morgan fingerprint density at radius 2 is 1.34 bits per heavy atom. The van der Waals surface area contributed by atoms with Gasteiger partial charge in [-0.25, -0.2) is 4.79 Å². The molecule has 0 radical (unpaired) electrons. The Labute approximate surface area is 268 Å². The van der Waals surface area contributed by atoms with Gasteiger partial charge in [0.1, 0.15) is 24.2 Å². The van der Waals surface area contributed by atoms with Crippen molar-refractivity contribution < 1.29 is 71.5 Å². The Bertz CT molecular complexity index is 1540. The van der Waals surface area contributed by atoms with Gasteiger partial charge in [-0.2, -0.15) is 0 Å². The summed E-state index contributed by atoms with van der Waals surface area (Å²) in [7, 11) is 1.13. The molecule has 0 unspecified atom stereocenters. The van der Waals surface area contributed by atoms with Gasteiger partial charge in [0.2, 0.25) is 12.4 Å². The number of carbonyl (C=O) groups excluding carboxylic acids is 7. The van der Waals surface area contributed by atoms with Crippen LogP contribution in [0.4, 0.5) is 5.69 Å². The molecule has 3 rings (SSSR count). The normalized spacial score (nSPS) is 20.1. The van der Waals surface area contributed by atoms with Gasteiger partial charge in [0, 0.05) is 34.6 Å². The number of hydrogen-bond donors (Lipinski definition) is 1. The molecule has 47 heavy (non-hydrogen) atoms. The maximum atomic E-state index is 13.5. The van der Waals surface area contributed by atoms with Crippen LogP contribution >= 0.6 is 0 Å². The van der Waals surface area contributed by atoms with Crippen LogP contribution in [0.3, 0.4) is 0 Å². The quantitative estimate of drug-likeness (QED) is 0.208. The zero-order chi connectivity index (χ0) is 34.8. The summed E-state index contributed by atoms with van der Waals surface area (Å²) in [6.45, 7) is 5.05. The number of nitrogens with one attached hydrogen (secondary N) is 1. The Morgan fingerprint density at radius 3 is 1.94 bits per heavy atom. The maximum Gasteiger partial charge on any atom is 0.340 e. The molecular formula is C31H33NO15. The molecule has 0 aliphatic carbocycles. The first-order valence-corrected chi connectivity index (χ1v) is 14.0. The van der Waals surface area contributed by atoms with E-state index in [4.69, 9.17) is 37.9 Å². The van der Waals surface area contributed by atoms with Crippen molar-refractivity contribution in [3.63, 3.8) is 0 Å². The monoisotopic (exact) mass is 659 g/mol. The average Bonchev–Trinajstić information content (AvgIpc) is 2.98. The van der Waals surface area contributed by atoms with Gasteiger partial charge in [-0.15, -0.1) is 0 Å². The molecule has 0 spiro atoms. The van der Waals surface area contributed by atoms with Gasteiger partial charge in [-0.3, -0.25) is 28.8 Å². The molecule has 0 bridgehead atoms. The minimum atomic E-state index is -1.61. The van der Waals surface area contributed by atoms with Crippen molar-refractivity contribution in [1.29, 1.82) is 0 Å². The van der Waals surface area contributed by atoms with Crippen molar-refractivity contribution in [2.75, 3.05) is 19.0 Å². The highest BCUT2D eigenvalue weighted by atomic mass is 16.7. The maximum absolute atomic E-state index is 13.5. The van der Waals surface area contributed by atoms with Crippen LogP contribution in [0, 0.1) is 0 Å². The van der Waals surface area contributed by atoms with Crippen LogP contribution in [0.25, 0.3) is 0 Å². The Balaban J connectivity index is 2.02. The van der Waals surface area contributed by atoms with E-state index in [0.29, 0.717) is 0 Å². The first-order chi connectivity index (χ1) is 22.2. The molecule has 2 aromatic carbocycles. The molecule has 1 heterocycles. The second-order valence-corrected chi connectivity index (χ2v) is 9.93. The van der Waals surface area contributed by atoms with E-state index in [2.05, 4.69) is 5.32 Å². The SMILES string of the molecule is COC(=O)c1cc(OC(C)=O)ccc1NC(=O)c1ccccc1O[C@@H]1O[C@H](COC(C)=O)[C@@H](OC(C)=O)[C@H](OC(C)=O)[C@H]1OC(C)=O. The minimum Gasteiger partial charge on any atom is -0.465 e. The van der Waals surface area contributed by atoms with E-state index in [1.165, 1.54) is 49.4 Å². The van der Waals surface area contributed by atoms with Crippen molar-refractivity contribution in [2.24, 2.45) is 0 Å². The highest BCUT2D eigenvalue weighted by Crippen LogP contribution is 2.33. The molecule has 252 valence electrons. The molecule has 16 nitrogen and oxygen atoms in total. The number of para-hydroxylation sites is 1. The number of rotatable bonds is 11. The molecule has 0 aromatic heterocycles. The lowest BCUT2D eigenvalue weighted by molar-refractivity contribution is -0.288. The van der Waals surface area contributed by atoms with Crippen molar-refractivity contribution in [2.45, 2.75) is 65.3 Å². The lowest BCUT2D eigenvalue weighted by atomic mass is 9.98. The van der Waals surface area contributed by atoms with Crippen molar-refractivity contribution in [1.82, 2.24) is 0 Å². The molecule has 2 aromatic rings. The van der Waals surface area contributed by atoms with E-state index < -0.39 is 79.0 Å². The third-order valence-corrected chi connectivity index (χ3v) is 6.23. The van der Waals surface area contributed by atoms with Crippen LogP contribution < -0.4 is 14.8 Å². The van der Waals surface area contributed by atoms with E-state index in [1.807, 2.05) is 0 Å². The number of methoxy groups -OCH3 is 1. The van der Waals surface area contributed by atoms with E-state index >= 15 is 0 Å². The van der Waals surface area contributed by atoms with E-state index in [-0.39, 0.29) is 28.3 Å². The third kappa shape index (κ3) is 9.99. The fraction of sp³-hybridized carbons (Fsp3) is 0.387. The van der Waals surface area contributed by atoms with E-state index in [1.54, 1.807) is 0 Å². The predicted molar refractivity (Wildman–Crippen MR) is 156 cm³/mol. The summed E-state index contributed by atoms with van der Waals surface area (Å²) < 4.78 is 43.1. The topological polar surface area (TPSA) is 205 Å². The van der Waals surface area contributed by atoms with E-state index in [0.717, 1.165) is 34.8 Å². The standard InChI is InChI=1S/C31H33NO15/c1-15(33)41-14-25-26(43-17(3)35)27(44-18(4)36)28(45-19(5)37)31(47-25)46-24-10-8-7-9-21(24)29(38)32-23-12-11-20(42-16(2)34)13-22(23)30(39)40-6/h7-13,25-28,31H,14H2,1-6H3,(H,32,38)/t25-,26-,27+,28-,31-/m1/s1. The summed E-state index contributed by atoms with van der Waals surface area (Å²) in [6, 6.07) is 9.68. The second-order valence-electron chi connectivity index (χ2n) is 9.93. The summed E-state index contributed by atoms with van der Waals surface area (Å²) in [6.07, 6.45) is -7.36. The average molecular weight is 660 g/mol. The second kappa shape index (κ2) is 16.2. The van der Waals surface area contributed by atoms with Crippen LogP contribution in [0.15, 0.2) is 42.5 Å². The fourth-order valence-electron chi connectivity index (χ4n) is 4.50. The third-order valence-electron chi connectivity index (χ3n) is 6.23. The van der Waals surface area contributed by atoms with Gasteiger partial charge in [0.05, 0.1) is 23.9 Å². The number of ether oxygens (including phenoxy) is 8. The Kier molecular flexibility index (Phi) is 12.4. The summed E-state index contributed by atoms with van der Waals surface area (Å²) in [4.78, 5) is 85.3. The number of carbonyl (C=O) groups is 7. The van der Waals surface area contributed by atoms with Gasteiger partial charge in [-0.1, -0.05) is 12.1 Å². The summed E-state index contributed by atoms with van der Waals surface area (Å²) in [5, 5.41) is 2.58. The smallest absolute Gasteiger partial charge is 0.340 e. The number of hydrogen-bond acceptors (Lipinski definition) is 15. The molecule has 0 saturated carbocycles. The van der Waals surface area contributed by atoms with Crippen LogP contribution in [-0.4, -0.2) is 86.1 Å². The molecule has 1 N–H and O–H groups in total. The molecule has 1 aliphatic rings. The molecule has 1 aliphatic heterocycles. The number of amides is 1. The molecular weight excluding hydrogens is 626 g/mol.